The minimum atomic E-state index is -0.985. The number of hydrogen-bond acceptors (Lipinski definition) is 4. The van der Waals surface area contributed by atoms with E-state index in [0.717, 1.165) is 11.4 Å². The molecule has 1 heterocycles. The van der Waals surface area contributed by atoms with E-state index in [9.17, 15) is 9.90 Å². The van der Waals surface area contributed by atoms with Crippen LogP contribution < -0.4 is 10.1 Å². The summed E-state index contributed by atoms with van der Waals surface area (Å²) < 4.78 is 6.03. The van der Waals surface area contributed by atoms with Crippen LogP contribution >= 0.6 is 11.6 Å². The third kappa shape index (κ3) is 4.00. The third-order valence-electron chi connectivity index (χ3n) is 4.36. The van der Waals surface area contributed by atoms with Gasteiger partial charge in [0.05, 0.1) is 16.3 Å². The smallest absolute Gasteiger partial charge is 0.335 e. The monoisotopic (exact) mass is 404 g/mol. The lowest BCUT2D eigenvalue weighted by Gasteiger charge is -2.15. The van der Waals surface area contributed by atoms with E-state index in [1.807, 2.05) is 43.3 Å². The van der Waals surface area contributed by atoms with Crippen molar-refractivity contribution < 1.29 is 14.6 Å². The maximum Gasteiger partial charge on any atom is 0.335 e. The normalized spacial score (nSPS) is 10.7. The van der Waals surface area contributed by atoms with Crippen LogP contribution in [0.15, 0.2) is 72.8 Å². The zero-order valence-corrected chi connectivity index (χ0v) is 16.3. The Kier molecular flexibility index (Phi) is 5.06. The Labute approximate surface area is 172 Å². The Balaban J connectivity index is 1.82. The van der Waals surface area contributed by atoms with E-state index < -0.39 is 5.97 Å². The number of pyridine rings is 1. The number of para-hydroxylation sites is 1. The molecular weight excluding hydrogens is 388 g/mol. The van der Waals surface area contributed by atoms with E-state index in [1.165, 1.54) is 0 Å². The van der Waals surface area contributed by atoms with Crippen LogP contribution in [0.4, 0.5) is 11.4 Å². The van der Waals surface area contributed by atoms with Crippen LogP contribution in [0.2, 0.25) is 5.02 Å². The number of fused-ring (bicyclic) bond motifs is 1. The Bertz CT molecular complexity index is 1210. The Hall–Kier alpha value is -3.57. The van der Waals surface area contributed by atoms with Gasteiger partial charge in [-0.2, -0.15) is 0 Å². The van der Waals surface area contributed by atoms with Crippen molar-refractivity contribution >= 4 is 39.8 Å². The molecule has 0 saturated heterocycles. The SMILES string of the molecule is Cc1cc(Nc2cccc(C(=O)O)c2)c2c(Cl)ccc(Oc3ccccc3)c2n1. The van der Waals surface area contributed by atoms with Crippen molar-refractivity contribution in [1.29, 1.82) is 0 Å². The lowest BCUT2D eigenvalue weighted by Crippen LogP contribution is -2.00. The van der Waals surface area contributed by atoms with E-state index in [-0.39, 0.29) is 5.56 Å². The molecule has 4 aromatic rings. The first-order chi connectivity index (χ1) is 14.0. The van der Waals surface area contributed by atoms with Gasteiger partial charge < -0.3 is 15.2 Å². The summed E-state index contributed by atoms with van der Waals surface area (Å²) in [7, 11) is 0. The predicted molar refractivity (Wildman–Crippen MR) is 115 cm³/mol. The van der Waals surface area contributed by atoms with E-state index in [1.54, 1.807) is 36.4 Å². The molecular formula is C23H17ClN2O3. The van der Waals surface area contributed by atoms with Crippen LogP contribution in [0.3, 0.4) is 0 Å². The fraction of sp³-hybridized carbons (Fsp3) is 0.0435. The van der Waals surface area contributed by atoms with Gasteiger partial charge in [-0.3, -0.25) is 0 Å². The van der Waals surface area contributed by atoms with Gasteiger partial charge in [-0.15, -0.1) is 0 Å². The molecule has 0 amide bonds. The van der Waals surface area contributed by atoms with E-state index >= 15 is 0 Å². The van der Waals surface area contributed by atoms with Gasteiger partial charge >= 0.3 is 5.97 Å². The van der Waals surface area contributed by atoms with E-state index in [4.69, 9.17) is 16.3 Å². The highest BCUT2D eigenvalue weighted by Crippen LogP contribution is 2.38. The average Bonchev–Trinajstić information content (AvgIpc) is 2.71. The molecule has 0 aliphatic rings. The molecule has 0 spiro atoms. The van der Waals surface area contributed by atoms with Crippen molar-refractivity contribution in [3.8, 4) is 11.5 Å². The standard InChI is InChI=1S/C23H17ClN2O3/c1-14-12-19(26-16-7-5-6-15(13-16)23(27)28)21-18(24)10-11-20(22(21)25-14)29-17-8-3-2-4-9-17/h2-13H,1H3,(H,25,26)(H,27,28). The fourth-order valence-electron chi connectivity index (χ4n) is 3.09. The molecule has 6 heteroatoms. The minimum Gasteiger partial charge on any atom is -0.478 e. The molecule has 0 aliphatic heterocycles. The first kappa shape index (κ1) is 18.8. The van der Waals surface area contributed by atoms with Gasteiger partial charge in [0.1, 0.15) is 11.3 Å². The maximum absolute atomic E-state index is 11.3. The van der Waals surface area contributed by atoms with Gasteiger partial charge in [0, 0.05) is 16.8 Å². The highest BCUT2D eigenvalue weighted by atomic mass is 35.5. The Morgan fingerprint density at radius 2 is 1.83 bits per heavy atom. The lowest BCUT2D eigenvalue weighted by molar-refractivity contribution is 0.0697. The summed E-state index contributed by atoms with van der Waals surface area (Å²) in [4.78, 5) is 15.9. The highest BCUT2D eigenvalue weighted by Gasteiger charge is 2.14. The number of hydrogen-bond donors (Lipinski definition) is 2. The summed E-state index contributed by atoms with van der Waals surface area (Å²) in [5.74, 6) is 0.297. The topological polar surface area (TPSA) is 71.5 Å². The molecule has 0 aliphatic carbocycles. The molecule has 0 unspecified atom stereocenters. The van der Waals surface area contributed by atoms with Gasteiger partial charge in [-0.1, -0.05) is 35.9 Å². The quantitative estimate of drug-likeness (QED) is 0.401. The second-order valence-corrected chi connectivity index (χ2v) is 6.91. The Morgan fingerprint density at radius 1 is 1.03 bits per heavy atom. The van der Waals surface area contributed by atoms with Gasteiger partial charge in [0.25, 0.3) is 0 Å². The number of nitrogens with one attached hydrogen (secondary N) is 1. The second kappa shape index (κ2) is 7.81. The predicted octanol–water partition coefficient (Wildman–Crippen LogP) is 6.43. The minimum absolute atomic E-state index is 0.198. The summed E-state index contributed by atoms with van der Waals surface area (Å²) in [5.41, 5.74) is 2.96. The number of aryl methyl sites for hydroxylation is 1. The Morgan fingerprint density at radius 3 is 2.59 bits per heavy atom. The molecule has 5 nitrogen and oxygen atoms in total. The van der Waals surface area contributed by atoms with Crippen LogP contribution in [0, 0.1) is 6.92 Å². The second-order valence-electron chi connectivity index (χ2n) is 6.51. The molecule has 0 radical (unpaired) electrons. The molecule has 144 valence electrons. The highest BCUT2D eigenvalue weighted by molar-refractivity contribution is 6.36. The number of anilines is 2. The van der Waals surface area contributed by atoms with E-state index in [0.29, 0.717) is 33.1 Å². The van der Waals surface area contributed by atoms with Crippen molar-refractivity contribution in [1.82, 2.24) is 4.98 Å². The van der Waals surface area contributed by atoms with Crippen LogP contribution in [0.1, 0.15) is 16.1 Å². The molecule has 0 saturated carbocycles. The molecule has 0 fully saturated rings. The van der Waals surface area contributed by atoms with Crippen LogP contribution in [-0.2, 0) is 0 Å². The van der Waals surface area contributed by atoms with Crippen molar-refractivity contribution in [3.05, 3.63) is 89.1 Å². The van der Waals surface area contributed by atoms with Crippen LogP contribution in [-0.4, -0.2) is 16.1 Å². The number of ether oxygens (including phenoxy) is 1. The summed E-state index contributed by atoms with van der Waals surface area (Å²) in [6.07, 6.45) is 0. The fourth-order valence-corrected chi connectivity index (χ4v) is 3.34. The number of halogens is 1. The van der Waals surface area contributed by atoms with Gasteiger partial charge in [0.2, 0.25) is 0 Å². The van der Waals surface area contributed by atoms with Crippen molar-refractivity contribution in [2.75, 3.05) is 5.32 Å². The zero-order valence-electron chi connectivity index (χ0n) is 15.5. The number of carbonyl (C=O) groups is 1. The zero-order chi connectivity index (χ0) is 20.4. The summed E-state index contributed by atoms with van der Waals surface area (Å²) >= 11 is 6.51. The number of benzene rings is 3. The summed E-state index contributed by atoms with van der Waals surface area (Å²) in [6, 6.07) is 21.5. The first-order valence-electron chi connectivity index (χ1n) is 8.94. The third-order valence-corrected chi connectivity index (χ3v) is 4.68. The average molecular weight is 405 g/mol. The summed E-state index contributed by atoms with van der Waals surface area (Å²) in [6.45, 7) is 1.88. The maximum atomic E-state index is 11.3. The lowest BCUT2D eigenvalue weighted by atomic mass is 10.1. The largest absolute Gasteiger partial charge is 0.478 e. The number of nitrogens with zero attached hydrogens (tertiary/aromatic N) is 1. The van der Waals surface area contributed by atoms with Crippen molar-refractivity contribution in [2.45, 2.75) is 6.92 Å². The van der Waals surface area contributed by atoms with Crippen LogP contribution in [0.5, 0.6) is 11.5 Å². The van der Waals surface area contributed by atoms with Gasteiger partial charge in [-0.05, 0) is 55.5 Å². The van der Waals surface area contributed by atoms with E-state index in [2.05, 4.69) is 10.3 Å². The van der Waals surface area contributed by atoms with Gasteiger partial charge in [-0.25, -0.2) is 9.78 Å². The van der Waals surface area contributed by atoms with Crippen LogP contribution in [0.25, 0.3) is 10.9 Å². The molecule has 3 aromatic carbocycles. The molecule has 2 N–H and O–H groups in total. The number of carboxylic acids is 1. The molecule has 0 atom stereocenters. The van der Waals surface area contributed by atoms with Gasteiger partial charge in [0.15, 0.2) is 5.75 Å². The molecule has 29 heavy (non-hydrogen) atoms. The number of aromatic nitrogens is 1. The number of carboxylic acid groups (broad SMARTS) is 1. The molecule has 1 aromatic heterocycles. The number of aromatic carboxylic acids is 1. The van der Waals surface area contributed by atoms with Crippen molar-refractivity contribution in [2.24, 2.45) is 0 Å². The number of rotatable bonds is 5. The summed E-state index contributed by atoms with van der Waals surface area (Å²) in [5, 5.41) is 13.7. The molecule has 4 rings (SSSR count). The first-order valence-corrected chi connectivity index (χ1v) is 9.32. The molecule has 0 bridgehead atoms. The van der Waals surface area contributed by atoms with Crippen molar-refractivity contribution in [3.63, 3.8) is 0 Å².